The molecule has 112 valence electrons. The first kappa shape index (κ1) is 15.5. The molecule has 2 rings (SSSR count). The normalized spacial score (nSPS) is 21.2. The van der Waals surface area contributed by atoms with E-state index in [0.29, 0.717) is 12.1 Å². The van der Waals surface area contributed by atoms with E-state index < -0.39 is 0 Å². The third-order valence-corrected chi connectivity index (χ3v) is 4.11. The highest BCUT2D eigenvalue weighted by molar-refractivity contribution is 5.18. The van der Waals surface area contributed by atoms with Crippen molar-refractivity contribution in [2.45, 2.75) is 51.1 Å². The highest BCUT2D eigenvalue weighted by Gasteiger charge is 2.26. The number of nitrogens with zero attached hydrogens (tertiary/aromatic N) is 1. The Bertz CT molecular complexity index is 369. The van der Waals surface area contributed by atoms with Crippen molar-refractivity contribution in [3.63, 3.8) is 0 Å². The Hall–Kier alpha value is -0.900. The minimum atomic E-state index is 0.425. The molecular weight excluding hydrogens is 248 g/mol. The molecule has 0 aromatic heterocycles. The average molecular weight is 276 g/mol. The van der Waals surface area contributed by atoms with Crippen molar-refractivity contribution in [1.82, 2.24) is 10.4 Å². The van der Waals surface area contributed by atoms with Gasteiger partial charge in [0, 0.05) is 25.7 Å². The van der Waals surface area contributed by atoms with Crippen molar-refractivity contribution in [3.05, 3.63) is 35.9 Å². The SMILES string of the molecule is CCCC[C@H](NN1CCC[C@H]1COC)c1ccccc1. The summed E-state index contributed by atoms with van der Waals surface area (Å²) in [5.41, 5.74) is 5.15. The predicted octanol–water partition coefficient (Wildman–Crippen LogP) is 3.53. The summed E-state index contributed by atoms with van der Waals surface area (Å²) in [6.07, 6.45) is 6.19. The van der Waals surface area contributed by atoms with Gasteiger partial charge in [0.25, 0.3) is 0 Å². The molecule has 1 saturated heterocycles. The number of rotatable bonds is 8. The van der Waals surface area contributed by atoms with Crippen LogP contribution in [0.1, 0.15) is 50.6 Å². The molecule has 1 aromatic carbocycles. The van der Waals surface area contributed by atoms with E-state index in [9.17, 15) is 0 Å². The van der Waals surface area contributed by atoms with E-state index in [4.69, 9.17) is 4.74 Å². The van der Waals surface area contributed by atoms with Crippen molar-refractivity contribution in [2.75, 3.05) is 20.3 Å². The summed E-state index contributed by atoms with van der Waals surface area (Å²) in [4.78, 5) is 0. The highest BCUT2D eigenvalue weighted by Crippen LogP contribution is 2.23. The lowest BCUT2D eigenvalue weighted by Gasteiger charge is -2.30. The van der Waals surface area contributed by atoms with Gasteiger partial charge in [0.05, 0.1) is 6.61 Å². The van der Waals surface area contributed by atoms with Crippen molar-refractivity contribution < 1.29 is 4.74 Å². The van der Waals surface area contributed by atoms with Crippen LogP contribution < -0.4 is 5.43 Å². The van der Waals surface area contributed by atoms with Gasteiger partial charge in [0.1, 0.15) is 0 Å². The first-order chi connectivity index (χ1) is 9.85. The van der Waals surface area contributed by atoms with E-state index in [1.807, 2.05) is 0 Å². The maximum absolute atomic E-state index is 5.34. The fourth-order valence-electron chi connectivity index (χ4n) is 2.97. The number of hydrogen-bond donors (Lipinski definition) is 1. The minimum absolute atomic E-state index is 0.425. The molecule has 3 nitrogen and oxygen atoms in total. The van der Waals surface area contributed by atoms with Crippen LogP contribution in [0.4, 0.5) is 0 Å². The molecule has 0 aliphatic carbocycles. The first-order valence-corrected chi connectivity index (χ1v) is 7.91. The van der Waals surface area contributed by atoms with Gasteiger partial charge in [-0.15, -0.1) is 0 Å². The highest BCUT2D eigenvalue weighted by atomic mass is 16.5. The lowest BCUT2D eigenvalue weighted by Crippen LogP contribution is -2.45. The standard InChI is InChI=1S/C17H28N2O/c1-3-4-12-17(15-9-6-5-7-10-15)18-19-13-8-11-16(19)14-20-2/h5-7,9-10,16-18H,3-4,8,11-14H2,1-2H3/t16-,17-/m0/s1. The van der Waals surface area contributed by atoms with Gasteiger partial charge >= 0.3 is 0 Å². The van der Waals surface area contributed by atoms with E-state index >= 15 is 0 Å². The van der Waals surface area contributed by atoms with Gasteiger partial charge in [-0.1, -0.05) is 50.1 Å². The van der Waals surface area contributed by atoms with Gasteiger partial charge in [0.2, 0.25) is 0 Å². The molecule has 20 heavy (non-hydrogen) atoms. The van der Waals surface area contributed by atoms with E-state index in [2.05, 4.69) is 47.7 Å². The molecule has 0 unspecified atom stereocenters. The second-order valence-corrected chi connectivity index (χ2v) is 5.68. The second kappa shape index (κ2) is 8.40. The lowest BCUT2D eigenvalue weighted by atomic mass is 10.0. The van der Waals surface area contributed by atoms with Crippen molar-refractivity contribution >= 4 is 0 Å². The molecule has 0 bridgehead atoms. The summed E-state index contributed by atoms with van der Waals surface area (Å²) in [5.74, 6) is 0. The van der Waals surface area contributed by atoms with E-state index in [0.717, 1.165) is 13.2 Å². The van der Waals surface area contributed by atoms with E-state index in [1.54, 1.807) is 7.11 Å². The summed E-state index contributed by atoms with van der Waals surface area (Å²) in [6, 6.07) is 11.8. The van der Waals surface area contributed by atoms with Crippen molar-refractivity contribution in [3.8, 4) is 0 Å². The molecule has 1 aliphatic heterocycles. The number of hydrogen-bond acceptors (Lipinski definition) is 3. The Morgan fingerprint density at radius 3 is 2.85 bits per heavy atom. The smallest absolute Gasteiger partial charge is 0.0632 e. The molecule has 1 N–H and O–H groups in total. The first-order valence-electron chi connectivity index (χ1n) is 7.91. The van der Waals surface area contributed by atoms with Crippen LogP contribution in [0.15, 0.2) is 30.3 Å². The predicted molar refractivity (Wildman–Crippen MR) is 83.4 cm³/mol. The molecule has 0 spiro atoms. The molecule has 2 atom stereocenters. The largest absolute Gasteiger partial charge is 0.383 e. The molecule has 1 aliphatic rings. The quantitative estimate of drug-likeness (QED) is 0.786. The van der Waals surface area contributed by atoms with Crippen LogP contribution in [0.25, 0.3) is 0 Å². The van der Waals surface area contributed by atoms with Crippen LogP contribution in [0.5, 0.6) is 0 Å². The Labute approximate surface area is 123 Å². The summed E-state index contributed by atoms with van der Waals surface area (Å²) in [6.45, 7) is 4.21. The van der Waals surface area contributed by atoms with Crippen LogP contribution in [0, 0.1) is 0 Å². The monoisotopic (exact) mass is 276 g/mol. The van der Waals surface area contributed by atoms with Gasteiger partial charge in [-0.05, 0) is 24.8 Å². The van der Waals surface area contributed by atoms with Gasteiger partial charge < -0.3 is 4.74 Å². The third-order valence-electron chi connectivity index (χ3n) is 4.11. The van der Waals surface area contributed by atoms with Crippen LogP contribution in [-0.2, 0) is 4.74 Å². The molecule has 0 saturated carbocycles. The van der Waals surface area contributed by atoms with Crippen molar-refractivity contribution in [2.24, 2.45) is 0 Å². The van der Waals surface area contributed by atoms with Gasteiger partial charge in [-0.25, -0.2) is 10.4 Å². The summed E-state index contributed by atoms with van der Waals surface area (Å²) >= 11 is 0. The van der Waals surface area contributed by atoms with Gasteiger partial charge in [-0.3, -0.25) is 0 Å². The van der Waals surface area contributed by atoms with Crippen LogP contribution in [0.2, 0.25) is 0 Å². The Kier molecular flexibility index (Phi) is 6.51. The Morgan fingerprint density at radius 2 is 2.15 bits per heavy atom. The number of methoxy groups -OCH3 is 1. The maximum atomic E-state index is 5.34. The minimum Gasteiger partial charge on any atom is -0.383 e. The van der Waals surface area contributed by atoms with Crippen molar-refractivity contribution in [1.29, 1.82) is 0 Å². The molecule has 1 aromatic rings. The van der Waals surface area contributed by atoms with Gasteiger partial charge in [0.15, 0.2) is 0 Å². The summed E-state index contributed by atoms with van der Waals surface area (Å²) < 4.78 is 5.34. The zero-order valence-corrected chi connectivity index (χ0v) is 12.8. The number of unbranched alkanes of at least 4 members (excludes halogenated alkanes) is 1. The van der Waals surface area contributed by atoms with Crippen LogP contribution >= 0.6 is 0 Å². The number of ether oxygens (including phenoxy) is 1. The molecule has 3 heteroatoms. The maximum Gasteiger partial charge on any atom is 0.0632 e. The Morgan fingerprint density at radius 1 is 1.35 bits per heavy atom. The average Bonchev–Trinajstić information content (AvgIpc) is 2.92. The number of nitrogens with one attached hydrogen (secondary N) is 1. The fourth-order valence-corrected chi connectivity index (χ4v) is 2.97. The molecule has 1 heterocycles. The second-order valence-electron chi connectivity index (χ2n) is 5.68. The summed E-state index contributed by atoms with van der Waals surface area (Å²) in [5, 5.41) is 2.40. The number of hydrazine groups is 1. The zero-order valence-electron chi connectivity index (χ0n) is 12.8. The third kappa shape index (κ3) is 4.30. The molecule has 1 fully saturated rings. The number of benzene rings is 1. The zero-order chi connectivity index (χ0) is 14.2. The molecular formula is C17H28N2O. The van der Waals surface area contributed by atoms with Gasteiger partial charge in [-0.2, -0.15) is 0 Å². The topological polar surface area (TPSA) is 24.5 Å². The molecule has 0 radical (unpaired) electrons. The summed E-state index contributed by atoms with van der Waals surface area (Å²) in [7, 11) is 1.79. The van der Waals surface area contributed by atoms with Crippen LogP contribution in [0.3, 0.4) is 0 Å². The Balaban J connectivity index is 2.00. The molecule has 0 amide bonds. The fraction of sp³-hybridized carbons (Fsp3) is 0.647. The van der Waals surface area contributed by atoms with E-state index in [1.165, 1.54) is 37.7 Å². The lowest BCUT2D eigenvalue weighted by molar-refractivity contribution is 0.0689. The van der Waals surface area contributed by atoms with E-state index in [-0.39, 0.29) is 0 Å². The van der Waals surface area contributed by atoms with Crippen LogP contribution in [-0.4, -0.2) is 31.3 Å².